The molecule has 1 amide bonds. The van der Waals surface area contributed by atoms with Gasteiger partial charge in [-0.15, -0.1) is 0 Å². The van der Waals surface area contributed by atoms with Crippen LogP contribution in [-0.4, -0.2) is 48.4 Å². The van der Waals surface area contributed by atoms with Gasteiger partial charge in [0.15, 0.2) is 0 Å². The number of amides is 1. The molecule has 0 unspecified atom stereocenters. The minimum atomic E-state index is 0.0468. The molecule has 2 aliphatic rings. The molecule has 1 aromatic rings. The fraction of sp³-hybridized carbons (Fsp3) is 0.632. The van der Waals surface area contributed by atoms with Crippen molar-refractivity contribution in [1.29, 1.82) is 0 Å². The maximum Gasteiger partial charge on any atom is 0.229 e. The number of likely N-dealkylation sites (tertiary alicyclic amines) is 2. The predicted octanol–water partition coefficient (Wildman–Crippen LogP) is 3.12. The molecule has 2 heterocycles. The summed E-state index contributed by atoms with van der Waals surface area (Å²) in [6.07, 6.45) is 3.45. The van der Waals surface area contributed by atoms with Gasteiger partial charge in [-0.05, 0) is 57.2 Å². The molecule has 1 atom stereocenters. The third-order valence-electron chi connectivity index (χ3n) is 5.67. The van der Waals surface area contributed by atoms with Gasteiger partial charge in [0.05, 0.1) is 5.92 Å². The Bertz CT molecular complexity index is 517. The third-order valence-corrected chi connectivity index (χ3v) is 5.67. The Morgan fingerprint density at radius 2 is 1.77 bits per heavy atom. The Labute approximate surface area is 134 Å². The van der Waals surface area contributed by atoms with Crippen molar-refractivity contribution >= 4 is 5.91 Å². The van der Waals surface area contributed by atoms with Crippen LogP contribution in [0.3, 0.4) is 0 Å². The molecule has 2 saturated heterocycles. The standard InChI is InChI=1S/C19H28N2O/c1-15(2)21-11-9-19(10-12-21)13-17(18(22)20(3)14-19)16-7-5-4-6-8-16/h4-8,15,17H,9-14H2,1-3H3/t17-/m0/s1. The van der Waals surface area contributed by atoms with Gasteiger partial charge in [0.25, 0.3) is 0 Å². The first-order valence-corrected chi connectivity index (χ1v) is 8.55. The maximum atomic E-state index is 12.6. The summed E-state index contributed by atoms with van der Waals surface area (Å²) in [4.78, 5) is 17.2. The fourth-order valence-corrected chi connectivity index (χ4v) is 4.25. The second-order valence-electron chi connectivity index (χ2n) is 7.49. The average molecular weight is 300 g/mol. The van der Waals surface area contributed by atoms with E-state index in [-0.39, 0.29) is 5.92 Å². The summed E-state index contributed by atoms with van der Waals surface area (Å²) in [6, 6.07) is 11.0. The van der Waals surface area contributed by atoms with Crippen molar-refractivity contribution in [1.82, 2.24) is 9.80 Å². The quantitative estimate of drug-likeness (QED) is 0.838. The highest BCUT2D eigenvalue weighted by molar-refractivity contribution is 5.84. The molecule has 22 heavy (non-hydrogen) atoms. The summed E-state index contributed by atoms with van der Waals surface area (Å²) in [5.41, 5.74) is 1.50. The highest BCUT2D eigenvalue weighted by Gasteiger charge is 2.45. The molecule has 3 rings (SSSR count). The van der Waals surface area contributed by atoms with Gasteiger partial charge < -0.3 is 9.80 Å². The first kappa shape index (κ1) is 15.5. The normalized spacial score (nSPS) is 25.9. The summed E-state index contributed by atoms with van der Waals surface area (Å²) in [6.45, 7) is 7.83. The summed E-state index contributed by atoms with van der Waals surface area (Å²) < 4.78 is 0. The molecule has 0 aliphatic carbocycles. The minimum absolute atomic E-state index is 0.0468. The SMILES string of the molecule is CC(C)N1CCC2(CC1)C[C@@H](c1ccccc1)C(=O)N(C)C2. The summed E-state index contributed by atoms with van der Waals surface area (Å²) in [5.74, 6) is 0.341. The molecule has 3 nitrogen and oxygen atoms in total. The lowest BCUT2D eigenvalue weighted by atomic mass is 9.67. The number of nitrogens with zero attached hydrogens (tertiary/aromatic N) is 2. The van der Waals surface area contributed by atoms with Gasteiger partial charge in [-0.2, -0.15) is 0 Å². The van der Waals surface area contributed by atoms with E-state index < -0.39 is 0 Å². The van der Waals surface area contributed by atoms with Crippen LogP contribution in [0, 0.1) is 5.41 Å². The van der Waals surface area contributed by atoms with Gasteiger partial charge in [-0.25, -0.2) is 0 Å². The zero-order valence-corrected chi connectivity index (χ0v) is 14.1. The first-order valence-electron chi connectivity index (χ1n) is 8.55. The minimum Gasteiger partial charge on any atom is -0.345 e. The van der Waals surface area contributed by atoms with Crippen LogP contribution in [0.25, 0.3) is 0 Å². The van der Waals surface area contributed by atoms with Crippen LogP contribution < -0.4 is 0 Å². The van der Waals surface area contributed by atoms with Gasteiger partial charge >= 0.3 is 0 Å². The van der Waals surface area contributed by atoms with E-state index in [1.807, 2.05) is 30.1 Å². The van der Waals surface area contributed by atoms with Crippen molar-refractivity contribution in [3.05, 3.63) is 35.9 Å². The zero-order chi connectivity index (χ0) is 15.7. The molecular weight excluding hydrogens is 272 g/mol. The molecule has 0 aromatic heterocycles. The van der Waals surface area contributed by atoms with Gasteiger partial charge in [-0.3, -0.25) is 4.79 Å². The van der Waals surface area contributed by atoms with E-state index in [1.165, 1.54) is 31.5 Å². The number of hydrogen-bond donors (Lipinski definition) is 0. The number of piperidine rings is 2. The van der Waals surface area contributed by atoms with Gasteiger partial charge in [-0.1, -0.05) is 30.3 Å². The van der Waals surface area contributed by atoms with Crippen molar-refractivity contribution < 1.29 is 4.79 Å². The summed E-state index contributed by atoms with van der Waals surface area (Å²) in [5, 5.41) is 0. The van der Waals surface area contributed by atoms with Gasteiger partial charge in [0.1, 0.15) is 0 Å². The molecule has 0 N–H and O–H groups in total. The predicted molar refractivity (Wildman–Crippen MR) is 89.8 cm³/mol. The largest absolute Gasteiger partial charge is 0.345 e. The lowest BCUT2D eigenvalue weighted by molar-refractivity contribution is -0.139. The highest BCUT2D eigenvalue weighted by atomic mass is 16.2. The lowest BCUT2D eigenvalue weighted by Crippen LogP contribution is -2.53. The number of hydrogen-bond acceptors (Lipinski definition) is 2. The van der Waals surface area contributed by atoms with Crippen LogP contribution in [0.5, 0.6) is 0 Å². The van der Waals surface area contributed by atoms with Crippen molar-refractivity contribution in [3.8, 4) is 0 Å². The van der Waals surface area contributed by atoms with Crippen LogP contribution in [0.2, 0.25) is 0 Å². The molecule has 3 heteroatoms. The molecule has 2 fully saturated rings. The second-order valence-corrected chi connectivity index (χ2v) is 7.49. The Morgan fingerprint density at radius 3 is 2.36 bits per heavy atom. The van der Waals surface area contributed by atoms with E-state index >= 15 is 0 Å². The summed E-state index contributed by atoms with van der Waals surface area (Å²) in [7, 11) is 1.98. The van der Waals surface area contributed by atoms with E-state index in [9.17, 15) is 4.79 Å². The van der Waals surface area contributed by atoms with Crippen LogP contribution >= 0.6 is 0 Å². The fourth-order valence-electron chi connectivity index (χ4n) is 4.25. The van der Waals surface area contributed by atoms with E-state index in [0.29, 0.717) is 17.4 Å². The Kier molecular flexibility index (Phi) is 4.26. The van der Waals surface area contributed by atoms with E-state index in [4.69, 9.17) is 0 Å². The lowest BCUT2D eigenvalue weighted by Gasteiger charge is -2.49. The number of likely N-dealkylation sites (N-methyl/N-ethyl adjacent to an activating group) is 1. The molecule has 0 saturated carbocycles. The van der Waals surface area contributed by atoms with E-state index in [2.05, 4.69) is 30.9 Å². The zero-order valence-electron chi connectivity index (χ0n) is 14.1. The Morgan fingerprint density at radius 1 is 1.14 bits per heavy atom. The van der Waals surface area contributed by atoms with Gasteiger partial charge in [0, 0.05) is 19.6 Å². The Hall–Kier alpha value is -1.35. The van der Waals surface area contributed by atoms with E-state index in [1.54, 1.807) is 0 Å². The number of rotatable bonds is 2. The molecular formula is C19H28N2O. The topological polar surface area (TPSA) is 23.6 Å². The van der Waals surface area contributed by atoms with Crippen LogP contribution in [0.4, 0.5) is 0 Å². The molecule has 0 bridgehead atoms. The molecule has 120 valence electrons. The average Bonchev–Trinajstić information content (AvgIpc) is 2.52. The number of benzene rings is 1. The van der Waals surface area contributed by atoms with Crippen molar-refractivity contribution in [2.75, 3.05) is 26.7 Å². The number of carbonyl (C=O) groups excluding carboxylic acids is 1. The van der Waals surface area contributed by atoms with E-state index in [0.717, 1.165) is 13.0 Å². The highest BCUT2D eigenvalue weighted by Crippen LogP contribution is 2.45. The first-order chi connectivity index (χ1) is 10.5. The Balaban J connectivity index is 1.79. The molecule has 1 aromatic carbocycles. The summed E-state index contributed by atoms with van der Waals surface area (Å²) >= 11 is 0. The monoisotopic (exact) mass is 300 g/mol. The third kappa shape index (κ3) is 2.91. The van der Waals surface area contributed by atoms with Crippen LogP contribution in [0.15, 0.2) is 30.3 Å². The van der Waals surface area contributed by atoms with Crippen molar-refractivity contribution in [2.24, 2.45) is 5.41 Å². The van der Waals surface area contributed by atoms with Crippen molar-refractivity contribution in [3.63, 3.8) is 0 Å². The van der Waals surface area contributed by atoms with Crippen LogP contribution in [0.1, 0.15) is 44.6 Å². The van der Waals surface area contributed by atoms with Gasteiger partial charge in [0.2, 0.25) is 5.91 Å². The smallest absolute Gasteiger partial charge is 0.229 e. The maximum absolute atomic E-state index is 12.6. The number of carbonyl (C=O) groups is 1. The molecule has 1 spiro atoms. The van der Waals surface area contributed by atoms with Crippen molar-refractivity contribution in [2.45, 2.75) is 45.1 Å². The second kappa shape index (κ2) is 6.04. The molecule has 0 radical (unpaired) electrons. The molecule has 2 aliphatic heterocycles. The van der Waals surface area contributed by atoms with Crippen LogP contribution in [-0.2, 0) is 4.79 Å².